The number of hydrogen-bond donors (Lipinski definition) is 3. The van der Waals surface area contributed by atoms with Crippen molar-refractivity contribution in [3.63, 3.8) is 0 Å². The van der Waals surface area contributed by atoms with Gasteiger partial charge in [-0.15, -0.1) is 10.2 Å². The van der Waals surface area contributed by atoms with E-state index in [1.807, 2.05) is 0 Å². The highest BCUT2D eigenvalue weighted by Crippen LogP contribution is 2.41. The molecule has 1 aromatic heterocycles. The van der Waals surface area contributed by atoms with E-state index < -0.39 is 43.3 Å². The third-order valence-electron chi connectivity index (χ3n) is 5.18. The summed E-state index contributed by atoms with van der Waals surface area (Å²) in [4.78, 5) is 17.7. The number of nitrogens with zero attached hydrogens (tertiary/aromatic N) is 2. The molecule has 0 aliphatic carbocycles. The zero-order valence-corrected chi connectivity index (χ0v) is 22.2. The quantitative estimate of drug-likeness (QED) is 0.134. The predicted octanol–water partition coefficient (Wildman–Crippen LogP) is 5.41. The van der Waals surface area contributed by atoms with Crippen LogP contribution in [-0.2, 0) is 20.8 Å². The van der Waals surface area contributed by atoms with Gasteiger partial charge in [0.15, 0.2) is 11.6 Å². The fourth-order valence-corrected chi connectivity index (χ4v) is 4.51. The zero-order valence-electron chi connectivity index (χ0n) is 20.5. The molecule has 0 saturated carbocycles. The number of rotatable bonds is 13. The minimum atomic E-state index is -4.79. The van der Waals surface area contributed by atoms with E-state index in [0.717, 1.165) is 41.7 Å². The molecule has 3 aromatic rings. The van der Waals surface area contributed by atoms with Gasteiger partial charge in [-0.05, 0) is 56.5 Å². The average Bonchev–Trinajstić information content (AvgIpc) is 3.35. The molecule has 9 nitrogen and oxygen atoms in total. The van der Waals surface area contributed by atoms with Gasteiger partial charge in [-0.2, -0.15) is 13.2 Å². The van der Waals surface area contributed by atoms with Crippen molar-refractivity contribution >= 4 is 19.2 Å². The molecular weight excluding hydrogens is 572 g/mol. The number of benzene rings is 2. The maximum absolute atomic E-state index is 13.8. The van der Waals surface area contributed by atoms with E-state index in [2.05, 4.69) is 14.7 Å². The lowest BCUT2D eigenvalue weighted by Crippen LogP contribution is -2.37. The molecule has 0 spiro atoms. The molecule has 0 saturated heterocycles. The Hall–Kier alpha value is -2.68. The Bertz CT molecular complexity index is 1320. The van der Waals surface area contributed by atoms with Crippen molar-refractivity contribution < 1.29 is 50.3 Å². The van der Waals surface area contributed by atoms with Gasteiger partial charge in [-0.25, -0.2) is 13.3 Å². The van der Waals surface area contributed by atoms with Gasteiger partial charge < -0.3 is 25.0 Å². The molecular formula is C23H25F5N3O6PS. The van der Waals surface area contributed by atoms with Crippen molar-refractivity contribution in [1.82, 2.24) is 10.2 Å². The van der Waals surface area contributed by atoms with Crippen molar-refractivity contribution in [3.8, 4) is 22.1 Å². The Morgan fingerprint density at radius 3 is 2.28 bits per heavy atom. The van der Waals surface area contributed by atoms with Gasteiger partial charge in [0.2, 0.25) is 0 Å². The van der Waals surface area contributed by atoms with Crippen LogP contribution < -0.4 is 15.2 Å². The summed E-state index contributed by atoms with van der Waals surface area (Å²) in [6.07, 6.45) is -3.39. The lowest BCUT2D eigenvalue weighted by Gasteiger charge is -2.21. The first kappa shape index (κ1) is 30.9. The van der Waals surface area contributed by atoms with Gasteiger partial charge in [0, 0.05) is 11.6 Å². The summed E-state index contributed by atoms with van der Waals surface area (Å²) in [5, 5.41) is 7.90. The Kier molecular flexibility index (Phi) is 10.0. The van der Waals surface area contributed by atoms with Crippen molar-refractivity contribution in [3.05, 3.63) is 58.6 Å². The summed E-state index contributed by atoms with van der Waals surface area (Å²) in [7, 11) is -4.79. The number of phosphoric ester groups is 1. The van der Waals surface area contributed by atoms with Gasteiger partial charge in [0.1, 0.15) is 21.6 Å². The second-order valence-corrected chi connectivity index (χ2v) is 10.9. The lowest BCUT2D eigenvalue weighted by molar-refractivity contribution is -0.138. The number of halogens is 5. The molecule has 0 bridgehead atoms. The van der Waals surface area contributed by atoms with Gasteiger partial charge in [0.25, 0.3) is 0 Å². The highest BCUT2D eigenvalue weighted by molar-refractivity contribution is 7.46. The molecule has 39 heavy (non-hydrogen) atoms. The Morgan fingerprint density at radius 1 is 0.974 bits per heavy atom. The Labute approximate surface area is 224 Å². The molecule has 0 amide bonds. The third kappa shape index (κ3) is 9.19. The summed E-state index contributed by atoms with van der Waals surface area (Å²) in [5.41, 5.74) is 3.61. The van der Waals surface area contributed by atoms with E-state index >= 15 is 0 Å². The highest BCUT2D eigenvalue weighted by atomic mass is 32.1. The van der Waals surface area contributed by atoms with E-state index in [0.29, 0.717) is 19.3 Å². The minimum absolute atomic E-state index is 0.0230. The average molecular weight is 597 g/mol. The largest absolute Gasteiger partial charge is 0.493 e. The fraction of sp³-hybridized carbons (Fsp3) is 0.391. The highest BCUT2D eigenvalue weighted by Gasteiger charge is 2.35. The van der Waals surface area contributed by atoms with Crippen molar-refractivity contribution in [2.75, 3.05) is 19.8 Å². The smallest absolute Gasteiger partial charge is 0.469 e. The Balaban J connectivity index is 1.58. The van der Waals surface area contributed by atoms with Crippen LogP contribution in [0.25, 0.3) is 10.6 Å². The van der Waals surface area contributed by atoms with Gasteiger partial charge in [0.05, 0.1) is 30.9 Å². The monoisotopic (exact) mass is 597 g/mol. The lowest BCUT2D eigenvalue weighted by atomic mass is 10.1. The topological polar surface area (TPSA) is 137 Å². The Morgan fingerprint density at radius 2 is 1.64 bits per heavy atom. The predicted molar refractivity (Wildman–Crippen MR) is 131 cm³/mol. The second-order valence-electron chi connectivity index (χ2n) is 8.63. The number of alkyl halides is 3. The maximum Gasteiger partial charge on any atom is 0.469 e. The van der Waals surface area contributed by atoms with E-state index in [4.69, 9.17) is 25.0 Å². The number of hydrogen-bond acceptors (Lipinski definition) is 8. The van der Waals surface area contributed by atoms with Gasteiger partial charge in [-0.3, -0.25) is 4.52 Å². The number of aromatic nitrogens is 2. The molecule has 16 heteroatoms. The molecule has 4 N–H and O–H groups in total. The molecule has 0 aliphatic heterocycles. The molecule has 3 rings (SSSR count). The molecule has 0 unspecified atom stereocenters. The normalized spacial score (nSPS) is 13.8. The fourth-order valence-electron chi connectivity index (χ4n) is 3.19. The van der Waals surface area contributed by atoms with Gasteiger partial charge in [-0.1, -0.05) is 11.3 Å². The molecule has 0 fully saturated rings. The number of nitrogens with two attached hydrogens (primary N) is 1. The molecule has 214 valence electrons. The number of ether oxygens (including phenoxy) is 2. The van der Waals surface area contributed by atoms with Crippen molar-refractivity contribution in [2.45, 2.75) is 37.9 Å². The van der Waals surface area contributed by atoms with Crippen LogP contribution in [0, 0.1) is 11.6 Å². The number of unbranched alkanes of at least 4 members (excludes halogenated alkanes) is 2. The second kappa shape index (κ2) is 12.7. The minimum Gasteiger partial charge on any atom is -0.493 e. The van der Waals surface area contributed by atoms with E-state index in [1.54, 1.807) is 0 Å². The van der Waals surface area contributed by atoms with Crippen LogP contribution >= 0.6 is 19.2 Å². The van der Waals surface area contributed by atoms with E-state index in [1.165, 1.54) is 13.0 Å². The molecule has 0 aliphatic rings. The first-order valence-electron chi connectivity index (χ1n) is 11.4. The summed E-state index contributed by atoms with van der Waals surface area (Å²) < 4.78 is 93.9. The van der Waals surface area contributed by atoms with Crippen molar-refractivity contribution in [1.29, 1.82) is 0 Å². The number of phosphoric acid groups is 1. The third-order valence-corrected chi connectivity index (χ3v) is 6.89. The van der Waals surface area contributed by atoms with Crippen LogP contribution in [0.2, 0.25) is 0 Å². The first-order valence-corrected chi connectivity index (χ1v) is 13.8. The van der Waals surface area contributed by atoms with Crippen LogP contribution in [0.5, 0.6) is 11.5 Å². The van der Waals surface area contributed by atoms with Crippen LogP contribution in [0.1, 0.15) is 36.8 Å². The summed E-state index contributed by atoms with van der Waals surface area (Å²) >= 11 is 0.853. The first-order chi connectivity index (χ1) is 18.2. The van der Waals surface area contributed by atoms with Crippen LogP contribution in [0.4, 0.5) is 22.0 Å². The molecule has 1 heterocycles. The van der Waals surface area contributed by atoms with E-state index in [9.17, 15) is 26.5 Å². The van der Waals surface area contributed by atoms with E-state index in [-0.39, 0.29) is 40.3 Å². The van der Waals surface area contributed by atoms with Crippen LogP contribution in [0.3, 0.4) is 0 Å². The molecule has 0 radical (unpaired) electrons. The van der Waals surface area contributed by atoms with Crippen LogP contribution in [-0.4, -0.2) is 39.8 Å². The van der Waals surface area contributed by atoms with Crippen LogP contribution in [0.15, 0.2) is 36.4 Å². The summed E-state index contributed by atoms with van der Waals surface area (Å²) in [6, 6.07) is 6.24. The van der Waals surface area contributed by atoms with Crippen molar-refractivity contribution in [2.24, 2.45) is 5.73 Å². The SMILES string of the molecule is C[C@](N)(COP(=O)(O)O)c1nnc(-c2ccc(OCCCCCOc3cc(F)ccc3F)c(C(F)(F)F)c2)s1. The summed E-state index contributed by atoms with van der Waals surface area (Å²) in [6.45, 7) is 0.863. The standard InChI is InChI=1S/C23H25F5N3O6PS/c1-22(29,13-37-38(32,33)34)21-31-30-20(39-21)14-5-8-18(16(11-14)23(26,27)28)35-9-3-2-4-10-36-19-12-15(24)6-7-17(19)25/h5-8,11-12H,2-4,9-10,13,29H2,1H3,(H2,32,33,34)/t22-/m0/s1. The zero-order chi connectivity index (χ0) is 28.8. The summed E-state index contributed by atoms with van der Waals surface area (Å²) in [5.74, 6) is -1.93. The molecule has 1 atom stereocenters. The maximum atomic E-state index is 13.8. The van der Waals surface area contributed by atoms with Gasteiger partial charge >= 0.3 is 14.0 Å². The molecule has 2 aromatic carbocycles.